The molecule has 1 aliphatic rings. The van der Waals surface area contributed by atoms with Crippen LogP contribution in [0.15, 0.2) is 66.7 Å². The van der Waals surface area contributed by atoms with Gasteiger partial charge in [0.25, 0.3) is 5.91 Å². The molecule has 0 unspecified atom stereocenters. The first-order valence-electron chi connectivity index (χ1n) is 11.0. The van der Waals surface area contributed by atoms with Gasteiger partial charge in [-0.15, -0.1) is 0 Å². The van der Waals surface area contributed by atoms with E-state index in [-0.39, 0.29) is 11.9 Å². The molecule has 0 bridgehead atoms. The van der Waals surface area contributed by atoms with E-state index in [1.807, 2.05) is 48.2 Å². The molecule has 1 fully saturated rings. The maximum absolute atomic E-state index is 13.4. The first kappa shape index (κ1) is 21.6. The average Bonchev–Trinajstić information content (AvgIpc) is 2.76. The lowest BCUT2D eigenvalue weighted by Gasteiger charge is -2.36. The second-order valence-electron chi connectivity index (χ2n) is 8.55. The molecular formula is C27H29N3O2. The van der Waals surface area contributed by atoms with Gasteiger partial charge in [-0.1, -0.05) is 53.6 Å². The normalized spacial score (nSPS) is 13.9. The van der Waals surface area contributed by atoms with Crippen molar-refractivity contribution in [1.29, 1.82) is 0 Å². The molecule has 0 saturated carbocycles. The highest BCUT2D eigenvalue weighted by Gasteiger charge is 2.28. The molecule has 3 aromatic carbocycles. The highest BCUT2D eigenvalue weighted by Crippen LogP contribution is 2.31. The van der Waals surface area contributed by atoms with E-state index in [4.69, 9.17) is 0 Å². The molecule has 1 heterocycles. The molecule has 0 radical (unpaired) electrons. The number of aryl methyl sites for hydroxylation is 3. The second kappa shape index (κ2) is 9.27. The van der Waals surface area contributed by atoms with Crippen molar-refractivity contribution in [3.63, 3.8) is 0 Å². The number of amides is 3. The summed E-state index contributed by atoms with van der Waals surface area (Å²) in [5.41, 5.74) is 6.53. The molecule has 5 heteroatoms. The van der Waals surface area contributed by atoms with Gasteiger partial charge in [-0.25, -0.2) is 4.79 Å². The Bertz CT molecular complexity index is 1120. The first-order chi connectivity index (χ1) is 15.4. The van der Waals surface area contributed by atoms with Crippen LogP contribution in [-0.2, 0) is 6.54 Å². The van der Waals surface area contributed by atoms with Crippen LogP contribution >= 0.6 is 0 Å². The van der Waals surface area contributed by atoms with Gasteiger partial charge in [-0.05, 0) is 62.6 Å². The Balaban J connectivity index is 1.58. The molecule has 3 amide bonds. The molecule has 1 saturated heterocycles. The lowest BCUT2D eigenvalue weighted by Crippen LogP contribution is -2.49. The maximum atomic E-state index is 13.4. The SMILES string of the molecule is Cc1cc(C)cc(CN2CCCN(c3ccc(C)cc3NC(=O)c3ccccc3)C2=O)c1. The minimum Gasteiger partial charge on any atom is -0.320 e. The van der Waals surface area contributed by atoms with E-state index in [0.29, 0.717) is 24.3 Å². The summed E-state index contributed by atoms with van der Waals surface area (Å²) < 4.78 is 0. The van der Waals surface area contributed by atoms with Crippen molar-refractivity contribution in [3.8, 4) is 0 Å². The largest absolute Gasteiger partial charge is 0.324 e. The maximum Gasteiger partial charge on any atom is 0.324 e. The predicted molar refractivity (Wildman–Crippen MR) is 129 cm³/mol. The highest BCUT2D eigenvalue weighted by atomic mass is 16.2. The zero-order valence-electron chi connectivity index (χ0n) is 18.9. The predicted octanol–water partition coefficient (Wildman–Crippen LogP) is 5.70. The lowest BCUT2D eigenvalue weighted by molar-refractivity contribution is 0.102. The Hall–Kier alpha value is -3.60. The van der Waals surface area contributed by atoms with E-state index in [1.54, 1.807) is 17.0 Å². The van der Waals surface area contributed by atoms with E-state index in [2.05, 4.69) is 37.4 Å². The van der Waals surface area contributed by atoms with Crippen molar-refractivity contribution in [2.75, 3.05) is 23.3 Å². The number of anilines is 2. The zero-order chi connectivity index (χ0) is 22.7. The number of carbonyl (C=O) groups excluding carboxylic acids is 2. The topological polar surface area (TPSA) is 52.6 Å². The third kappa shape index (κ3) is 4.83. The zero-order valence-corrected chi connectivity index (χ0v) is 18.9. The van der Waals surface area contributed by atoms with Crippen molar-refractivity contribution in [1.82, 2.24) is 4.90 Å². The molecule has 1 aliphatic heterocycles. The Morgan fingerprint density at radius 3 is 2.31 bits per heavy atom. The summed E-state index contributed by atoms with van der Waals surface area (Å²) in [5.74, 6) is -0.186. The smallest absolute Gasteiger partial charge is 0.320 e. The Labute approximate surface area is 189 Å². The number of nitrogens with one attached hydrogen (secondary N) is 1. The van der Waals surface area contributed by atoms with Crippen LogP contribution < -0.4 is 10.2 Å². The van der Waals surface area contributed by atoms with Crippen molar-refractivity contribution in [2.24, 2.45) is 0 Å². The molecule has 4 rings (SSSR count). The van der Waals surface area contributed by atoms with E-state index < -0.39 is 0 Å². The van der Waals surface area contributed by atoms with Gasteiger partial charge < -0.3 is 10.2 Å². The molecule has 32 heavy (non-hydrogen) atoms. The summed E-state index contributed by atoms with van der Waals surface area (Å²) in [5, 5.41) is 3.01. The van der Waals surface area contributed by atoms with Crippen LogP contribution in [0, 0.1) is 20.8 Å². The van der Waals surface area contributed by atoms with Crippen molar-refractivity contribution in [3.05, 3.63) is 94.5 Å². The van der Waals surface area contributed by atoms with Crippen LogP contribution in [0.4, 0.5) is 16.2 Å². The van der Waals surface area contributed by atoms with Gasteiger partial charge in [-0.2, -0.15) is 0 Å². The van der Waals surface area contributed by atoms with Crippen LogP contribution in [0.5, 0.6) is 0 Å². The summed E-state index contributed by atoms with van der Waals surface area (Å²) in [7, 11) is 0. The number of nitrogens with zero attached hydrogens (tertiary/aromatic N) is 2. The quantitative estimate of drug-likeness (QED) is 0.568. The van der Waals surface area contributed by atoms with Crippen LogP contribution in [-0.4, -0.2) is 29.9 Å². The average molecular weight is 428 g/mol. The molecule has 0 spiro atoms. The molecule has 0 aliphatic carbocycles. The minimum absolute atomic E-state index is 0.0329. The summed E-state index contributed by atoms with van der Waals surface area (Å²) in [6, 6.07) is 21.3. The van der Waals surface area contributed by atoms with E-state index in [9.17, 15) is 9.59 Å². The standard InChI is InChI=1S/C27H29N3O2/c1-19-10-11-25(24(17-19)28-26(31)23-8-5-4-6-9-23)30-13-7-12-29(27(30)32)18-22-15-20(2)14-21(3)16-22/h4-6,8-11,14-17H,7,12-13,18H2,1-3H3,(H,28,31). The summed E-state index contributed by atoms with van der Waals surface area (Å²) in [6.07, 6.45) is 0.872. The third-order valence-electron chi connectivity index (χ3n) is 5.69. The number of hydrogen-bond acceptors (Lipinski definition) is 2. The van der Waals surface area contributed by atoms with Crippen LogP contribution in [0.25, 0.3) is 0 Å². The monoisotopic (exact) mass is 427 g/mol. The summed E-state index contributed by atoms with van der Waals surface area (Å²) in [6.45, 7) is 8.06. The number of benzene rings is 3. The molecular weight excluding hydrogens is 398 g/mol. The Morgan fingerprint density at radius 1 is 0.875 bits per heavy atom. The summed E-state index contributed by atoms with van der Waals surface area (Å²) in [4.78, 5) is 29.9. The first-order valence-corrected chi connectivity index (χ1v) is 11.0. The summed E-state index contributed by atoms with van der Waals surface area (Å²) >= 11 is 0. The van der Waals surface area contributed by atoms with Gasteiger partial charge in [0.1, 0.15) is 0 Å². The lowest BCUT2D eigenvalue weighted by atomic mass is 10.1. The van der Waals surface area contributed by atoms with Gasteiger partial charge in [0.2, 0.25) is 0 Å². The van der Waals surface area contributed by atoms with Crippen molar-refractivity contribution < 1.29 is 9.59 Å². The van der Waals surface area contributed by atoms with E-state index in [1.165, 1.54) is 11.1 Å². The van der Waals surface area contributed by atoms with E-state index >= 15 is 0 Å². The van der Waals surface area contributed by atoms with Crippen LogP contribution in [0.2, 0.25) is 0 Å². The van der Waals surface area contributed by atoms with Gasteiger partial charge >= 0.3 is 6.03 Å². The number of rotatable bonds is 5. The molecule has 164 valence electrons. The second-order valence-corrected chi connectivity index (χ2v) is 8.55. The fourth-order valence-corrected chi connectivity index (χ4v) is 4.30. The number of hydrogen-bond donors (Lipinski definition) is 1. The fraction of sp³-hybridized carbons (Fsp3) is 0.259. The number of carbonyl (C=O) groups is 2. The van der Waals surface area contributed by atoms with Crippen molar-refractivity contribution in [2.45, 2.75) is 33.7 Å². The van der Waals surface area contributed by atoms with Crippen LogP contribution in [0.1, 0.15) is 39.0 Å². The molecule has 0 aromatic heterocycles. The van der Waals surface area contributed by atoms with Gasteiger partial charge in [-0.3, -0.25) is 9.69 Å². The number of urea groups is 1. The van der Waals surface area contributed by atoms with Crippen molar-refractivity contribution >= 4 is 23.3 Å². The molecule has 5 nitrogen and oxygen atoms in total. The molecule has 3 aromatic rings. The van der Waals surface area contributed by atoms with Gasteiger partial charge in [0.05, 0.1) is 11.4 Å². The van der Waals surface area contributed by atoms with E-state index in [0.717, 1.165) is 29.8 Å². The van der Waals surface area contributed by atoms with Gasteiger partial charge in [0, 0.05) is 25.2 Å². The van der Waals surface area contributed by atoms with Crippen LogP contribution in [0.3, 0.4) is 0 Å². The highest BCUT2D eigenvalue weighted by molar-refractivity contribution is 6.07. The molecule has 0 atom stereocenters. The third-order valence-corrected chi connectivity index (χ3v) is 5.69. The Kier molecular flexibility index (Phi) is 6.26. The van der Waals surface area contributed by atoms with Gasteiger partial charge in [0.15, 0.2) is 0 Å². The minimum atomic E-state index is -0.186. The fourth-order valence-electron chi connectivity index (χ4n) is 4.30. The Morgan fingerprint density at radius 2 is 1.59 bits per heavy atom. The molecule has 1 N–H and O–H groups in total.